The molecule has 4 nitrogen and oxygen atoms in total. The lowest BCUT2D eigenvalue weighted by Crippen LogP contribution is -2.30. The molecule has 2 aromatic heterocycles. The quantitative estimate of drug-likeness (QED) is 0.880. The molecule has 1 atom stereocenters. The molecular formula is C15H21N3OS. The fourth-order valence-corrected chi connectivity index (χ4v) is 3.01. The summed E-state index contributed by atoms with van der Waals surface area (Å²) in [4.78, 5) is 13.6. The zero-order chi connectivity index (χ0) is 14.5. The third kappa shape index (κ3) is 3.28. The SMILES string of the molecule is CCC[C@@H](NC(=O)c1ccnn1C(C)C)c1cccs1. The van der Waals surface area contributed by atoms with Gasteiger partial charge in [-0.05, 0) is 37.8 Å². The number of carbonyl (C=O) groups excluding carboxylic acids is 1. The molecule has 0 aliphatic heterocycles. The molecule has 0 fully saturated rings. The van der Waals surface area contributed by atoms with Crippen LogP contribution in [0.4, 0.5) is 0 Å². The van der Waals surface area contributed by atoms with Crippen molar-refractivity contribution >= 4 is 17.2 Å². The Morgan fingerprint density at radius 3 is 2.85 bits per heavy atom. The summed E-state index contributed by atoms with van der Waals surface area (Å²) in [5, 5.41) is 9.38. The van der Waals surface area contributed by atoms with Gasteiger partial charge in [-0.3, -0.25) is 9.48 Å². The lowest BCUT2D eigenvalue weighted by Gasteiger charge is -2.18. The van der Waals surface area contributed by atoms with Gasteiger partial charge in [0.15, 0.2) is 0 Å². The summed E-state index contributed by atoms with van der Waals surface area (Å²) in [6.45, 7) is 6.17. The van der Waals surface area contributed by atoms with Crippen molar-refractivity contribution in [1.82, 2.24) is 15.1 Å². The van der Waals surface area contributed by atoms with Crippen LogP contribution >= 0.6 is 11.3 Å². The van der Waals surface area contributed by atoms with Crippen molar-refractivity contribution in [2.45, 2.75) is 45.7 Å². The van der Waals surface area contributed by atoms with Gasteiger partial charge < -0.3 is 5.32 Å². The summed E-state index contributed by atoms with van der Waals surface area (Å²) in [5.41, 5.74) is 0.623. The maximum absolute atomic E-state index is 12.4. The van der Waals surface area contributed by atoms with Gasteiger partial charge in [-0.15, -0.1) is 11.3 Å². The fraction of sp³-hybridized carbons (Fsp3) is 0.467. The number of carbonyl (C=O) groups is 1. The highest BCUT2D eigenvalue weighted by Crippen LogP contribution is 2.23. The second-order valence-corrected chi connectivity index (χ2v) is 6.06. The van der Waals surface area contributed by atoms with Crippen LogP contribution < -0.4 is 5.32 Å². The van der Waals surface area contributed by atoms with E-state index < -0.39 is 0 Å². The number of aromatic nitrogens is 2. The smallest absolute Gasteiger partial charge is 0.270 e. The molecule has 5 heteroatoms. The van der Waals surface area contributed by atoms with E-state index in [2.05, 4.69) is 23.4 Å². The minimum Gasteiger partial charge on any atom is -0.343 e. The highest BCUT2D eigenvalue weighted by atomic mass is 32.1. The molecule has 0 aliphatic rings. The number of amides is 1. The summed E-state index contributed by atoms with van der Waals surface area (Å²) < 4.78 is 1.76. The van der Waals surface area contributed by atoms with E-state index in [1.54, 1.807) is 28.3 Å². The Labute approximate surface area is 123 Å². The summed E-state index contributed by atoms with van der Waals surface area (Å²) in [7, 11) is 0. The predicted molar refractivity (Wildman–Crippen MR) is 82.0 cm³/mol. The largest absolute Gasteiger partial charge is 0.343 e. The van der Waals surface area contributed by atoms with Crippen LogP contribution in [0.2, 0.25) is 0 Å². The molecule has 0 aliphatic carbocycles. The Morgan fingerprint density at radius 2 is 2.25 bits per heavy atom. The number of thiophene rings is 1. The number of rotatable bonds is 6. The average molecular weight is 291 g/mol. The van der Waals surface area contributed by atoms with Crippen LogP contribution in [0.3, 0.4) is 0 Å². The molecule has 108 valence electrons. The fourth-order valence-electron chi connectivity index (χ4n) is 2.20. The zero-order valence-corrected chi connectivity index (χ0v) is 13.0. The standard InChI is InChI=1S/C15H21N3OS/c1-4-6-12(14-7-5-10-20-14)17-15(19)13-8-9-16-18(13)11(2)3/h5,7-12H,4,6H2,1-3H3,(H,17,19)/t12-/m1/s1. The lowest BCUT2D eigenvalue weighted by molar-refractivity contribution is 0.0922. The molecule has 2 aromatic rings. The first-order chi connectivity index (χ1) is 9.63. The summed E-state index contributed by atoms with van der Waals surface area (Å²) in [5.74, 6) is -0.0527. The molecule has 1 N–H and O–H groups in total. The topological polar surface area (TPSA) is 46.9 Å². The highest BCUT2D eigenvalue weighted by Gasteiger charge is 2.19. The van der Waals surface area contributed by atoms with Crippen molar-refractivity contribution in [3.63, 3.8) is 0 Å². The maximum Gasteiger partial charge on any atom is 0.270 e. The molecule has 0 bridgehead atoms. The number of hydrogen-bond acceptors (Lipinski definition) is 3. The summed E-state index contributed by atoms with van der Waals surface area (Å²) in [6.07, 6.45) is 3.66. The van der Waals surface area contributed by atoms with Crippen molar-refractivity contribution in [2.24, 2.45) is 0 Å². The third-order valence-corrected chi connectivity index (χ3v) is 4.15. The Hall–Kier alpha value is -1.62. The van der Waals surface area contributed by atoms with E-state index in [-0.39, 0.29) is 18.0 Å². The number of hydrogen-bond donors (Lipinski definition) is 1. The van der Waals surface area contributed by atoms with E-state index in [0.29, 0.717) is 5.69 Å². The molecule has 2 rings (SSSR count). The van der Waals surface area contributed by atoms with Gasteiger partial charge in [-0.25, -0.2) is 0 Å². The van der Waals surface area contributed by atoms with Crippen LogP contribution in [0.25, 0.3) is 0 Å². The van der Waals surface area contributed by atoms with Crippen LogP contribution in [0.5, 0.6) is 0 Å². The first kappa shape index (κ1) is 14.8. The summed E-state index contributed by atoms with van der Waals surface area (Å²) >= 11 is 1.68. The second-order valence-electron chi connectivity index (χ2n) is 5.08. The van der Waals surface area contributed by atoms with Gasteiger partial charge in [0, 0.05) is 17.1 Å². The van der Waals surface area contributed by atoms with E-state index in [1.165, 1.54) is 4.88 Å². The second kappa shape index (κ2) is 6.70. The van der Waals surface area contributed by atoms with E-state index in [1.807, 2.05) is 25.3 Å². The minimum absolute atomic E-state index is 0.0527. The van der Waals surface area contributed by atoms with Gasteiger partial charge in [0.25, 0.3) is 5.91 Å². The Balaban J connectivity index is 2.14. The molecule has 0 radical (unpaired) electrons. The Bertz CT molecular complexity index is 545. The molecule has 0 aromatic carbocycles. The zero-order valence-electron chi connectivity index (χ0n) is 12.2. The van der Waals surface area contributed by atoms with Crippen molar-refractivity contribution in [1.29, 1.82) is 0 Å². The van der Waals surface area contributed by atoms with Crippen LogP contribution in [0.1, 0.15) is 61.1 Å². The van der Waals surface area contributed by atoms with Crippen LogP contribution in [-0.4, -0.2) is 15.7 Å². The van der Waals surface area contributed by atoms with Gasteiger partial charge >= 0.3 is 0 Å². The summed E-state index contributed by atoms with van der Waals surface area (Å²) in [6, 6.07) is 6.13. The van der Waals surface area contributed by atoms with Crippen molar-refractivity contribution in [3.05, 3.63) is 40.3 Å². The number of nitrogens with one attached hydrogen (secondary N) is 1. The van der Waals surface area contributed by atoms with Gasteiger partial charge in [-0.2, -0.15) is 5.10 Å². The van der Waals surface area contributed by atoms with Crippen molar-refractivity contribution in [3.8, 4) is 0 Å². The molecule has 1 amide bonds. The van der Waals surface area contributed by atoms with Crippen LogP contribution in [-0.2, 0) is 0 Å². The Kier molecular flexibility index (Phi) is 4.95. The van der Waals surface area contributed by atoms with E-state index in [9.17, 15) is 4.79 Å². The van der Waals surface area contributed by atoms with Gasteiger partial charge in [-0.1, -0.05) is 19.4 Å². The van der Waals surface area contributed by atoms with Crippen LogP contribution in [0, 0.1) is 0 Å². The third-order valence-electron chi connectivity index (χ3n) is 3.16. The maximum atomic E-state index is 12.4. The average Bonchev–Trinajstić information content (AvgIpc) is 3.09. The van der Waals surface area contributed by atoms with Gasteiger partial charge in [0.2, 0.25) is 0 Å². The molecule has 0 spiro atoms. The van der Waals surface area contributed by atoms with Crippen LogP contribution in [0.15, 0.2) is 29.8 Å². The monoisotopic (exact) mass is 291 g/mol. The normalized spacial score (nSPS) is 12.6. The lowest BCUT2D eigenvalue weighted by atomic mass is 10.1. The van der Waals surface area contributed by atoms with Crippen molar-refractivity contribution < 1.29 is 4.79 Å². The molecular weight excluding hydrogens is 270 g/mol. The molecule has 0 saturated carbocycles. The first-order valence-corrected chi connectivity index (χ1v) is 7.89. The van der Waals surface area contributed by atoms with E-state index >= 15 is 0 Å². The van der Waals surface area contributed by atoms with Gasteiger partial charge in [0.05, 0.1) is 6.04 Å². The first-order valence-electron chi connectivity index (χ1n) is 7.01. The molecule has 0 unspecified atom stereocenters. The molecule has 0 saturated heterocycles. The van der Waals surface area contributed by atoms with Gasteiger partial charge in [0.1, 0.15) is 5.69 Å². The van der Waals surface area contributed by atoms with E-state index in [4.69, 9.17) is 0 Å². The minimum atomic E-state index is -0.0527. The predicted octanol–water partition coefficient (Wildman–Crippen LogP) is 3.80. The van der Waals surface area contributed by atoms with Crippen molar-refractivity contribution in [2.75, 3.05) is 0 Å². The highest BCUT2D eigenvalue weighted by molar-refractivity contribution is 7.10. The Morgan fingerprint density at radius 1 is 1.45 bits per heavy atom. The van der Waals surface area contributed by atoms with E-state index in [0.717, 1.165) is 12.8 Å². The molecule has 2 heterocycles. The molecule has 20 heavy (non-hydrogen) atoms. The number of nitrogens with zero attached hydrogens (tertiary/aromatic N) is 2.